The minimum absolute atomic E-state index is 0.284. The minimum Gasteiger partial charge on any atom is -0.444 e. The van der Waals surface area contributed by atoms with Crippen LogP contribution in [0.5, 0.6) is 0 Å². The molecule has 0 N–H and O–H groups in total. The molecule has 1 unspecified atom stereocenters. The summed E-state index contributed by atoms with van der Waals surface area (Å²) < 4.78 is 5.07. The van der Waals surface area contributed by atoms with Crippen LogP contribution in [0.3, 0.4) is 0 Å². The third kappa shape index (κ3) is 5.79. The van der Waals surface area contributed by atoms with Crippen molar-refractivity contribution in [1.82, 2.24) is 0 Å². The van der Waals surface area contributed by atoms with E-state index in [0.29, 0.717) is 0 Å². The Morgan fingerprint density at radius 2 is 2.09 bits per heavy atom. The quantitative estimate of drug-likeness (QED) is 0.422. The van der Waals surface area contributed by atoms with E-state index in [-0.39, 0.29) is 6.10 Å². The maximum absolute atomic E-state index is 5.07. The molecule has 0 amide bonds. The molecule has 0 aromatic carbocycles. The number of terminal acetylenes is 1. The Morgan fingerprint density at radius 3 is 2.55 bits per heavy atom. The summed E-state index contributed by atoms with van der Waals surface area (Å²) in [6.07, 6.45) is 13.5. The Balaban J connectivity index is 3.30. The molecule has 0 bridgehead atoms. The van der Waals surface area contributed by atoms with Gasteiger partial charge in [-0.1, -0.05) is 33.1 Å². The van der Waals surface area contributed by atoms with Crippen molar-refractivity contribution in [2.24, 2.45) is 0 Å². The highest BCUT2D eigenvalue weighted by Gasteiger charge is 2.03. The van der Waals surface area contributed by atoms with Gasteiger partial charge in [0.25, 0.3) is 0 Å². The molecule has 64 valence electrons. The first kappa shape index (κ1) is 10.4. The number of hydrogen-bond acceptors (Lipinski definition) is 1. The molecule has 0 aliphatic heterocycles. The molecule has 0 spiro atoms. The summed E-state index contributed by atoms with van der Waals surface area (Å²) >= 11 is 0. The van der Waals surface area contributed by atoms with Crippen LogP contribution < -0.4 is 0 Å². The molecule has 0 heterocycles. The second-order valence-corrected chi connectivity index (χ2v) is 2.76. The predicted octanol–water partition coefficient (Wildman–Crippen LogP) is 2.95. The summed E-state index contributed by atoms with van der Waals surface area (Å²) in [5.74, 6) is 0. The van der Waals surface area contributed by atoms with Crippen molar-refractivity contribution in [2.45, 2.75) is 52.1 Å². The monoisotopic (exact) mass is 154 g/mol. The Morgan fingerprint density at radius 1 is 1.36 bits per heavy atom. The number of unbranched alkanes of at least 4 members (excludes halogenated alkanes) is 2. The van der Waals surface area contributed by atoms with Crippen LogP contribution in [0.25, 0.3) is 0 Å². The van der Waals surface area contributed by atoms with Crippen LogP contribution >= 0.6 is 0 Å². The lowest BCUT2D eigenvalue weighted by molar-refractivity contribution is 0.149. The first-order chi connectivity index (χ1) is 5.35. The van der Waals surface area contributed by atoms with E-state index in [0.717, 1.165) is 12.8 Å². The average molecular weight is 154 g/mol. The highest BCUT2D eigenvalue weighted by molar-refractivity contribution is 4.72. The van der Waals surface area contributed by atoms with Crippen molar-refractivity contribution in [3.05, 3.63) is 0 Å². The zero-order valence-corrected chi connectivity index (χ0v) is 7.60. The molecular formula is C10H18O. The maximum Gasteiger partial charge on any atom is 0.110 e. The van der Waals surface area contributed by atoms with Gasteiger partial charge in [0.05, 0.1) is 0 Å². The molecule has 0 saturated carbocycles. The van der Waals surface area contributed by atoms with Gasteiger partial charge in [-0.15, -0.1) is 0 Å². The molecular weight excluding hydrogens is 136 g/mol. The van der Waals surface area contributed by atoms with Crippen LogP contribution in [0, 0.1) is 12.5 Å². The van der Waals surface area contributed by atoms with Crippen molar-refractivity contribution in [3.8, 4) is 12.5 Å². The standard InChI is InChI=1S/C10H18O/c1-4-7-8-9-10(5-2)11-6-3/h3,10H,4-5,7-9H2,1-2H3. The van der Waals surface area contributed by atoms with Crippen LogP contribution in [0.15, 0.2) is 0 Å². The zero-order valence-electron chi connectivity index (χ0n) is 7.60. The minimum atomic E-state index is 0.284. The molecule has 0 aromatic rings. The van der Waals surface area contributed by atoms with Gasteiger partial charge in [0.15, 0.2) is 0 Å². The molecule has 0 aromatic heterocycles. The van der Waals surface area contributed by atoms with Gasteiger partial charge in [-0.3, -0.25) is 0 Å². The van der Waals surface area contributed by atoms with Crippen molar-refractivity contribution in [1.29, 1.82) is 0 Å². The fourth-order valence-corrected chi connectivity index (χ4v) is 1.06. The molecule has 1 atom stereocenters. The molecule has 0 radical (unpaired) electrons. The first-order valence-corrected chi connectivity index (χ1v) is 4.46. The molecule has 0 aliphatic carbocycles. The van der Waals surface area contributed by atoms with Crippen LogP contribution in [0.4, 0.5) is 0 Å². The maximum atomic E-state index is 5.07. The van der Waals surface area contributed by atoms with E-state index in [4.69, 9.17) is 11.2 Å². The summed E-state index contributed by atoms with van der Waals surface area (Å²) in [5.41, 5.74) is 0. The van der Waals surface area contributed by atoms with E-state index in [9.17, 15) is 0 Å². The molecule has 0 aliphatic rings. The van der Waals surface area contributed by atoms with Gasteiger partial charge < -0.3 is 4.74 Å². The van der Waals surface area contributed by atoms with Gasteiger partial charge in [-0.2, -0.15) is 0 Å². The number of rotatable bonds is 6. The van der Waals surface area contributed by atoms with Crippen molar-refractivity contribution in [2.75, 3.05) is 0 Å². The average Bonchev–Trinajstić information content (AvgIpc) is 2.03. The molecule has 0 fully saturated rings. The number of hydrogen-bond donors (Lipinski definition) is 0. The Hall–Kier alpha value is -0.640. The molecule has 1 nitrogen and oxygen atoms in total. The van der Waals surface area contributed by atoms with E-state index in [1.165, 1.54) is 19.3 Å². The van der Waals surface area contributed by atoms with E-state index < -0.39 is 0 Å². The number of ether oxygens (including phenoxy) is 1. The van der Waals surface area contributed by atoms with Gasteiger partial charge in [0.1, 0.15) is 12.2 Å². The molecule has 11 heavy (non-hydrogen) atoms. The van der Waals surface area contributed by atoms with E-state index in [1.54, 1.807) is 0 Å². The Bertz CT molecular complexity index is 113. The lowest BCUT2D eigenvalue weighted by Gasteiger charge is -2.11. The molecule has 1 heteroatoms. The fourth-order valence-electron chi connectivity index (χ4n) is 1.06. The first-order valence-electron chi connectivity index (χ1n) is 4.46. The van der Waals surface area contributed by atoms with Crippen LogP contribution in [0.2, 0.25) is 0 Å². The summed E-state index contributed by atoms with van der Waals surface area (Å²) in [6.45, 7) is 4.30. The van der Waals surface area contributed by atoms with Crippen LogP contribution in [0.1, 0.15) is 46.0 Å². The van der Waals surface area contributed by atoms with Crippen molar-refractivity contribution < 1.29 is 4.74 Å². The van der Waals surface area contributed by atoms with Crippen LogP contribution in [-0.2, 0) is 4.74 Å². The predicted molar refractivity (Wildman–Crippen MR) is 48.1 cm³/mol. The SMILES string of the molecule is C#COC(CC)CCCCC. The van der Waals surface area contributed by atoms with Gasteiger partial charge in [0.2, 0.25) is 0 Å². The second kappa shape index (κ2) is 7.47. The zero-order chi connectivity index (χ0) is 8.53. The van der Waals surface area contributed by atoms with Crippen molar-refractivity contribution in [3.63, 3.8) is 0 Å². The van der Waals surface area contributed by atoms with Gasteiger partial charge in [-0.05, 0) is 19.3 Å². The third-order valence-electron chi connectivity index (χ3n) is 1.82. The van der Waals surface area contributed by atoms with Gasteiger partial charge >= 0.3 is 0 Å². The molecule has 0 rings (SSSR count). The van der Waals surface area contributed by atoms with Gasteiger partial charge in [-0.25, -0.2) is 0 Å². The second-order valence-electron chi connectivity index (χ2n) is 2.76. The highest BCUT2D eigenvalue weighted by atomic mass is 16.5. The summed E-state index contributed by atoms with van der Waals surface area (Å²) in [5, 5.41) is 0. The topological polar surface area (TPSA) is 9.23 Å². The highest BCUT2D eigenvalue weighted by Crippen LogP contribution is 2.08. The van der Waals surface area contributed by atoms with Crippen molar-refractivity contribution >= 4 is 0 Å². The lowest BCUT2D eigenvalue weighted by Crippen LogP contribution is -2.07. The summed E-state index contributed by atoms with van der Waals surface area (Å²) in [6, 6.07) is 0. The van der Waals surface area contributed by atoms with E-state index in [2.05, 4.69) is 20.0 Å². The third-order valence-corrected chi connectivity index (χ3v) is 1.82. The Kier molecular flexibility index (Phi) is 7.03. The normalized spacial score (nSPS) is 12.1. The smallest absolute Gasteiger partial charge is 0.110 e. The molecule has 0 saturated heterocycles. The van der Waals surface area contributed by atoms with Crippen LogP contribution in [-0.4, -0.2) is 6.10 Å². The largest absolute Gasteiger partial charge is 0.444 e. The van der Waals surface area contributed by atoms with E-state index >= 15 is 0 Å². The summed E-state index contributed by atoms with van der Waals surface area (Å²) in [4.78, 5) is 0. The summed E-state index contributed by atoms with van der Waals surface area (Å²) in [7, 11) is 0. The lowest BCUT2D eigenvalue weighted by atomic mass is 10.1. The fraction of sp³-hybridized carbons (Fsp3) is 0.800. The van der Waals surface area contributed by atoms with E-state index in [1.807, 2.05) is 0 Å². The van der Waals surface area contributed by atoms with Gasteiger partial charge in [0, 0.05) is 0 Å². The Labute approximate surface area is 70.1 Å².